The molecule has 5 rings (SSSR count). The predicted molar refractivity (Wildman–Crippen MR) is 142 cm³/mol. The fourth-order valence-electron chi connectivity index (χ4n) is 4.61. The molecule has 8 nitrogen and oxygen atoms in total. The normalized spacial score (nSPS) is 11.8. The van der Waals surface area contributed by atoms with Gasteiger partial charge in [-0.3, -0.25) is 4.79 Å². The molecule has 2 N–H and O–H groups in total. The summed E-state index contributed by atoms with van der Waals surface area (Å²) in [6.07, 6.45) is 3.68. The zero-order valence-electron chi connectivity index (χ0n) is 20.9. The summed E-state index contributed by atoms with van der Waals surface area (Å²) in [4.78, 5) is 16.7. The fraction of sp³-hybridized carbons (Fsp3) is 0.172. The minimum atomic E-state index is -0.335. The van der Waals surface area contributed by atoms with E-state index in [0.29, 0.717) is 23.8 Å². The van der Waals surface area contributed by atoms with Crippen molar-refractivity contribution in [3.8, 4) is 22.9 Å². The number of ether oxygens (including phenoxy) is 3. The number of fused-ring (bicyclic) bond motifs is 1. The van der Waals surface area contributed by atoms with E-state index in [2.05, 4.69) is 21.5 Å². The van der Waals surface area contributed by atoms with Gasteiger partial charge in [-0.15, -0.1) is 0 Å². The van der Waals surface area contributed by atoms with Gasteiger partial charge in [0.1, 0.15) is 0 Å². The molecular formula is C29H28N4O4. The number of nitrogens with zero attached hydrogens (tertiary/aromatic N) is 2. The lowest BCUT2D eigenvalue weighted by atomic mass is 9.89. The van der Waals surface area contributed by atoms with Gasteiger partial charge in [0, 0.05) is 35.1 Å². The van der Waals surface area contributed by atoms with Crippen molar-refractivity contribution in [3.05, 3.63) is 102 Å². The van der Waals surface area contributed by atoms with Crippen LogP contribution in [0.5, 0.6) is 17.2 Å². The number of rotatable bonds is 9. The third-order valence-electron chi connectivity index (χ3n) is 6.41. The summed E-state index contributed by atoms with van der Waals surface area (Å²) in [5.74, 6) is 1.08. The minimum Gasteiger partial charge on any atom is -0.493 e. The Bertz CT molecular complexity index is 1520. The highest BCUT2D eigenvalue weighted by atomic mass is 16.5. The Morgan fingerprint density at radius 2 is 1.65 bits per heavy atom. The number of hydrogen-bond acceptors (Lipinski definition) is 5. The number of hydrogen-bond donors (Lipinski definition) is 2. The van der Waals surface area contributed by atoms with Crippen LogP contribution in [0.1, 0.15) is 27.5 Å². The molecule has 0 aliphatic heterocycles. The first-order valence-electron chi connectivity index (χ1n) is 11.9. The lowest BCUT2D eigenvalue weighted by Gasteiger charge is -2.22. The van der Waals surface area contributed by atoms with Crippen molar-refractivity contribution in [1.29, 1.82) is 0 Å². The van der Waals surface area contributed by atoms with Crippen LogP contribution in [-0.4, -0.2) is 48.5 Å². The molecule has 0 bridgehead atoms. The topological polar surface area (TPSA) is 90.4 Å². The molecule has 37 heavy (non-hydrogen) atoms. The van der Waals surface area contributed by atoms with Crippen LogP contribution in [0.4, 0.5) is 0 Å². The Balaban J connectivity index is 1.50. The van der Waals surface area contributed by atoms with Crippen LogP contribution in [0.15, 0.2) is 85.2 Å². The zero-order chi connectivity index (χ0) is 25.8. The van der Waals surface area contributed by atoms with Crippen molar-refractivity contribution in [2.24, 2.45) is 0 Å². The molecule has 0 saturated heterocycles. The van der Waals surface area contributed by atoms with Crippen LogP contribution >= 0.6 is 0 Å². The van der Waals surface area contributed by atoms with Gasteiger partial charge in [-0.2, -0.15) is 5.10 Å². The molecule has 0 aliphatic rings. The van der Waals surface area contributed by atoms with E-state index in [-0.39, 0.29) is 17.5 Å². The second-order valence-corrected chi connectivity index (χ2v) is 8.46. The van der Waals surface area contributed by atoms with Gasteiger partial charge in [-0.1, -0.05) is 48.5 Å². The van der Waals surface area contributed by atoms with E-state index in [4.69, 9.17) is 14.2 Å². The van der Waals surface area contributed by atoms with E-state index in [1.165, 1.54) is 7.11 Å². The Morgan fingerprint density at radius 1 is 0.892 bits per heavy atom. The molecule has 2 heterocycles. The molecule has 0 spiro atoms. The summed E-state index contributed by atoms with van der Waals surface area (Å²) < 4.78 is 18.4. The number of methoxy groups -OCH3 is 3. The summed E-state index contributed by atoms with van der Waals surface area (Å²) in [6.45, 7) is 0.297. The smallest absolute Gasteiger partial charge is 0.275 e. The van der Waals surface area contributed by atoms with Crippen molar-refractivity contribution in [2.45, 2.75) is 5.92 Å². The van der Waals surface area contributed by atoms with Crippen molar-refractivity contribution in [2.75, 3.05) is 27.9 Å². The Labute approximate surface area is 214 Å². The maximum atomic E-state index is 13.4. The largest absolute Gasteiger partial charge is 0.493 e. The highest BCUT2D eigenvalue weighted by Crippen LogP contribution is 2.40. The molecule has 2 aromatic heterocycles. The first-order chi connectivity index (χ1) is 18.1. The maximum absolute atomic E-state index is 13.4. The summed E-state index contributed by atoms with van der Waals surface area (Å²) in [5.41, 5.74) is 3.98. The van der Waals surface area contributed by atoms with E-state index in [9.17, 15) is 4.79 Å². The highest BCUT2D eigenvalue weighted by molar-refractivity contribution is 5.95. The number of amides is 1. The number of H-pyrrole nitrogens is 1. The van der Waals surface area contributed by atoms with Crippen LogP contribution < -0.4 is 19.5 Å². The second kappa shape index (κ2) is 10.5. The summed E-state index contributed by atoms with van der Waals surface area (Å²) in [6, 6.07) is 23.4. The van der Waals surface area contributed by atoms with Crippen molar-refractivity contribution in [1.82, 2.24) is 20.1 Å². The van der Waals surface area contributed by atoms with Gasteiger partial charge in [-0.25, -0.2) is 4.68 Å². The number of carbonyl (C=O) groups is 1. The van der Waals surface area contributed by atoms with Gasteiger partial charge in [0.15, 0.2) is 22.9 Å². The zero-order valence-corrected chi connectivity index (χ0v) is 20.9. The van der Waals surface area contributed by atoms with E-state index >= 15 is 0 Å². The molecule has 5 aromatic rings. The number of carbonyl (C=O) groups excluding carboxylic acids is 1. The molecule has 0 radical (unpaired) electrons. The molecule has 0 saturated carbocycles. The lowest BCUT2D eigenvalue weighted by molar-refractivity contribution is 0.0944. The number of aromatic amines is 1. The third kappa shape index (κ3) is 4.61. The molecule has 3 aromatic carbocycles. The molecular weight excluding hydrogens is 468 g/mol. The maximum Gasteiger partial charge on any atom is 0.275 e. The van der Waals surface area contributed by atoms with Gasteiger partial charge >= 0.3 is 0 Å². The Hall–Kier alpha value is -4.72. The SMILES string of the molecule is COc1cn(-c2ccccc2)nc1C(=O)NCC(c1cccc(OC)c1OC)c1c[nH]c2ccccc12. The number of benzene rings is 3. The molecule has 1 atom stereocenters. The minimum absolute atomic E-state index is 0.210. The van der Waals surface area contributed by atoms with E-state index in [1.807, 2.05) is 72.9 Å². The number of aromatic nitrogens is 3. The first-order valence-corrected chi connectivity index (χ1v) is 11.9. The van der Waals surface area contributed by atoms with Crippen molar-refractivity contribution >= 4 is 16.8 Å². The van der Waals surface area contributed by atoms with Gasteiger partial charge in [0.25, 0.3) is 5.91 Å². The monoisotopic (exact) mass is 496 g/mol. The van der Waals surface area contributed by atoms with E-state index < -0.39 is 0 Å². The lowest BCUT2D eigenvalue weighted by Crippen LogP contribution is -2.29. The average Bonchev–Trinajstić information content (AvgIpc) is 3.58. The van der Waals surface area contributed by atoms with Gasteiger partial charge < -0.3 is 24.5 Å². The number of para-hydroxylation sites is 3. The molecule has 8 heteroatoms. The molecule has 188 valence electrons. The summed E-state index contributed by atoms with van der Waals surface area (Å²) in [5, 5.41) is 8.65. The van der Waals surface area contributed by atoms with Gasteiger partial charge in [-0.05, 0) is 29.8 Å². The average molecular weight is 497 g/mol. The highest BCUT2D eigenvalue weighted by Gasteiger charge is 2.26. The quantitative estimate of drug-likeness (QED) is 0.302. The third-order valence-corrected chi connectivity index (χ3v) is 6.41. The van der Waals surface area contributed by atoms with E-state index in [0.717, 1.165) is 27.7 Å². The second-order valence-electron chi connectivity index (χ2n) is 8.46. The number of nitrogens with one attached hydrogen (secondary N) is 2. The van der Waals surface area contributed by atoms with Crippen LogP contribution in [0, 0.1) is 0 Å². The summed E-state index contributed by atoms with van der Waals surface area (Å²) >= 11 is 0. The Morgan fingerprint density at radius 3 is 2.41 bits per heavy atom. The summed E-state index contributed by atoms with van der Waals surface area (Å²) in [7, 11) is 4.76. The molecule has 0 aliphatic carbocycles. The van der Waals surface area contributed by atoms with Crippen LogP contribution in [0.3, 0.4) is 0 Å². The predicted octanol–water partition coefficient (Wildman–Crippen LogP) is 4.94. The molecule has 0 fully saturated rings. The van der Waals surface area contributed by atoms with E-state index in [1.54, 1.807) is 25.1 Å². The van der Waals surface area contributed by atoms with Crippen molar-refractivity contribution in [3.63, 3.8) is 0 Å². The molecule has 1 amide bonds. The fourth-order valence-corrected chi connectivity index (χ4v) is 4.61. The molecule has 1 unspecified atom stereocenters. The van der Waals surface area contributed by atoms with Gasteiger partial charge in [0.2, 0.25) is 0 Å². The van der Waals surface area contributed by atoms with Gasteiger partial charge in [0.05, 0.1) is 33.2 Å². The first kappa shape index (κ1) is 24.0. The van der Waals surface area contributed by atoms with Crippen LogP contribution in [0.25, 0.3) is 16.6 Å². The van der Waals surface area contributed by atoms with Crippen molar-refractivity contribution < 1.29 is 19.0 Å². The Kier molecular flexibility index (Phi) is 6.81. The van der Waals surface area contributed by atoms with Crippen LogP contribution in [-0.2, 0) is 0 Å². The van der Waals surface area contributed by atoms with Crippen LogP contribution in [0.2, 0.25) is 0 Å². The standard InChI is InChI=1S/C29H28N4O4/c1-35-25-15-9-13-21(28(25)37-3)23(22-16-30-24-14-8-7-12-20(22)24)17-31-29(34)27-26(36-2)18-33(32-27)19-10-5-4-6-11-19/h4-16,18,23,30H,17H2,1-3H3,(H,31,34).